The number of fused-ring (bicyclic) bond motifs is 1. The predicted molar refractivity (Wildman–Crippen MR) is 69.5 cm³/mol. The van der Waals surface area contributed by atoms with Crippen molar-refractivity contribution in [2.75, 3.05) is 14.2 Å². The molecule has 2 aromatic carbocycles. The number of benzene rings is 2. The van der Waals surface area contributed by atoms with Crippen molar-refractivity contribution in [3.8, 4) is 5.75 Å². The van der Waals surface area contributed by atoms with Crippen molar-refractivity contribution in [1.82, 2.24) is 0 Å². The van der Waals surface area contributed by atoms with Gasteiger partial charge in [-0.05, 0) is 34.1 Å². The highest BCUT2D eigenvalue weighted by atomic mass is 79.9. The van der Waals surface area contributed by atoms with Crippen LogP contribution in [0, 0.1) is 5.82 Å². The summed E-state index contributed by atoms with van der Waals surface area (Å²) in [6.07, 6.45) is 0. The van der Waals surface area contributed by atoms with E-state index in [9.17, 15) is 9.18 Å². The summed E-state index contributed by atoms with van der Waals surface area (Å²) in [5, 5.41) is 1.29. The van der Waals surface area contributed by atoms with Gasteiger partial charge in [0.1, 0.15) is 11.6 Å². The number of rotatable bonds is 2. The van der Waals surface area contributed by atoms with Crippen LogP contribution >= 0.6 is 15.9 Å². The number of hydrogen-bond acceptors (Lipinski definition) is 3. The normalized spacial score (nSPS) is 10.4. The third-order valence-corrected chi connectivity index (χ3v) is 3.48. The molecule has 0 fully saturated rings. The first kappa shape index (κ1) is 12.8. The monoisotopic (exact) mass is 312 g/mol. The van der Waals surface area contributed by atoms with Crippen molar-refractivity contribution in [3.63, 3.8) is 0 Å². The van der Waals surface area contributed by atoms with E-state index in [-0.39, 0.29) is 5.82 Å². The third kappa shape index (κ3) is 2.06. The molecule has 5 heteroatoms. The van der Waals surface area contributed by atoms with Crippen LogP contribution < -0.4 is 4.74 Å². The van der Waals surface area contributed by atoms with Gasteiger partial charge in [-0.1, -0.05) is 6.07 Å². The highest BCUT2D eigenvalue weighted by molar-refractivity contribution is 9.10. The van der Waals surface area contributed by atoms with Gasteiger partial charge < -0.3 is 9.47 Å². The van der Waals surface area contributed by atoms with Gasteiger partial charge in [0.05, 0.1) is 19.8 Å². The first-order valence-electron chi connectivity index (χ1n) is 5.12. The molecule has 0 aliphatic carbocycles. The second-order valence-electron chi connectivity index (χ2n) is 3.62. The van der Waals surface area contributed by atoms with Crippen LogP contribution in [0.1, 0.15) is 10.4 Å². The van der Waals surface area contributed by atoms with Crippen molar-refractivity contribution in [1.29, 1.82) is 0 Å². The molecule has 0 bridgehead atoms. The molecular weight excluding hydrogens is 303 g/mol. The number of esters is 1. The lowest BCUT2D eigenvalue weighted by Gasteiger charge is -2.11. The fourth-order valence-electron chi connectivity index (χ4n) is 1.76. The van der Waals surface area contributed by atoms with Gasteiger partial charge >= 0.3 is 5.97 Å². The minimum absolute atomic E-state index is 0.341. The molecule has 0 spiro atoms. The molecule has 0 saturated carbocycles. The second-order valence-corrected chi connectivity index (χ2v) is 4.41. The van der Waals surface area contributed by atoms with Crippen LogP contribution in [0.25, 0.3) is 10.8 Å². The molecule has 0 N–H and O–H groups in total. The highest BCUT2D eigenvalue weighted by Gasteiger charge is 2.17. The first-order chi connectivity index (χ1) is 8.58. The molecule has 0 aliphatic rings. The Labute approximate surface area is 112 Å². The number of hydrogen-bond donors (Lipinski definition) is 0. The molecular formula is C13H10BrFO3. The summed E-state index contributed by atoms with van der Waals surface area (Å²) >= 11 is 3.33. The van der Waals surface area contributed by atoms with E-state index in [4.69, 9.17) is 9.47 Å². The van der Waals surface area contributed by atoms with E-state index in [1.54, 1.807) is 6.07 Å². The molecule has 0 aliphatic heterocycles. The number of ether oxygens (including phenoxy) is 2. The molecule has 0 saturated heterocycles. The maximum absolute atomic E-state index is 13.2. The average Bonchev–Trinajstić information content (AvgIpc) is 2.38. The minimum Gasteiger partial charge on any atom is -0.496 e. The third-order valence-electron chi connectivity index (χ3n) is 2.62. The Morgan fingerprint density at radius 1 is 1.22 bits per heavy atom. The molecule has 0 atom stereocenters. The molecule has 0 heterocycles. The van der Waals surface area contributed by atoms with E-state index in [1.807, 2.05) is 0 Å². The Balaban J connectivity index is 2.82. The Kier molecular flexibility index (Phi) is 3.52. The van der Waals surface area contributed by atoms with Gasteiger partial charge in [-0.15, -0.1) is 0 Å². The molecule has 0 amide bonds. The van der Waals surface area contributed by atoms with Gasteiger partial charge in [0, 0.05) is 15.2 Å². The minimum atomic E-state index is -0.480. The van der Waals surface area contributed by atoms with Crippen LogP contribution in [-0.4, -0.2) is 20.2 Å². The summed E-state index contributed by atoms with van der Waals surface area (Å²) in [6, 6.07) is 5.80. The Morgan fingerprint density at radius 2 is 1.94 bits per heavy atom. The predicted octanol–water partition coefficient (Wildman–Crippen LogP) is 3.54. The van der Waals surface area contributed by atoms with E-state index < -0.39 is 5.97 Å². The summed E-state index contributed by atoms with van der Waals surface area (Å²) in [4.78, 5) is 11.6. The van der Waals surface area contributed by atoms with Crippen molar-refractivity contribution >= 4 is 32.7 Å². The summed E-state index contributed by atoms with van der Waals surface area (Å²) in [5.41, 5.74) is 0.341. The van der Waals surface area contributed by atoms with E-state index >= 15 is 0 Å². The van der Waals surface area contributed by atoms with E-state index in [0.717, 1.165) is 0 Å². The fourth-order valence-corrected chi connectivity index (χ4v) is 2.38. The molecule has 94 valence electrons. The first-order valence-corrected chi connectivity index (χ1v) is 5.92. The van der Waals surface area contributed by atoms with Crippen molar-refractivity contribution in [3.05, 3.63) is 40.1 Å². The van der Waals surface area contributed by atoms with Crippen LogP contribution in [0.3, 0.4) is 0 Å². The van der Waals surface area contributed by atoms with Gasteiger partial charge in [-0.2, -0.15) is 0 Å². The smallest absolute Gasteiger partial charge is 0.339 e. The summed E-state index contributed by atoms with van der Waals surface area (Å²) in [5.74, 6) is -0.419. The van der Waals surface area contributed by atoms with Crippen molar-refractivity contribution < 1.29 is 18.7 Å². The largest absolute Gasteiger partial charge is 0.496 e. The summed E-state index contributed by atoms with van der Waals surface area (Å²) < 4.78 is 23.7. The molecule has 18 heavy (non-hydrogen) atoms. The molecule has 0 unspecified atom stereocenters. The maximum atomic E-state index is 13.2. The quantitative estimate of drug-likeness (QED) is 0.796. The zero-order valence-corrected chi connectivity index (χ0v) is 11.4. The van der Waals surface area contributed by atoms with Crippen LogP contribution in [0.15, 0.2) is 28.7 Å². The number of carbonyl (C=O) groups is 1. The van der Waals surface area contributed by atoms with Gasteiger partial charge in [0.15, 0.2) is 0 Å². The van der Waals surface area contributed by atoms with Gasteiger partial charge in [-0.25, -0.2) is 9.18 Å². The lowest BCUT2D eigenvalue weighted by atomic mass is 10.1. The second kappa shape index (κ2) is 4.94. The van der Waals surface area contributed by atoms with Gasteiger partial charge in [-0.3, -0.25) is 0 Å². The fraction of sp³-hybridized carbons (Fsp3) is 0.154. The highest BCUT2D eigenvalue weighted by Crippen LogP contribution is 2.35. The Hall–Kier alpha value is -1.62. The summed E-state index contributed by atoms with van der Waals surface area (Å²) in [6.45, 7) is 0. The van der Waals surface area contributed by atoms with Gasteiger partial charge in [0.2, 0.25) is 0 Å². The molecule has 2 aromatic rings. The Bertz CT molecular complexity index is 625. The zero-order chi connectivity index (χ0) is 13.3. The van der Waals surface area contributed by atoms with Crippen LogP contribution in [0.2, 0.25) is 0 Å². The Morgan fingerprint density at radius 3 is 2.56 bits per heavy atom. The topological polar surface area (TPSA) is 35.5 Å². The molecule has 0 radical (unpaired) electrons. The number of halogens is 2. The lowest BCUT2D eigenvalue weighted by Crippen LogP contribution is -2.03. The summed E-state index contributed by atoms with van der Waals surface area (Å²) in [7, 11) is 2.77. The van der Waals surface area contributed by atoms with Crippen LogP contribution in [-0.2, 0) is 4.74 Å². The van der Waals surface area contributed by atoms with E-state index in [0.29, 0.717) is 26.6 Å². The van der Waals surface area contributed by atoms with Crippen LogP contribution in [0.5, 0.6) is 5.75 Å². The zero-order valence-electron chi connectivity index (χ0n) is 9.79. The van der Waals surface area contributed by atoms with E-state index in [2.05, 4.69) is 15.9 Å². The molecule has 3 nitrogen and oxygen atoms in total. The van der Waals surface area contributed by atoms with Crippen molar-refractivity contribution in [2.24, 2.45) is 0 Å². The SMILES string of the molecule is COC(=O)c1cc(OC)c2cc(F)ccc2c1Br. The number of carbonyl (C=O) groups excluding carboxylic acids is 1. The van der Waals surface area contributed by atoms with Gasteiger partial charge in [0.25, 0.3) is 0 Å². The van der Waals surface area contributed by atoms with E-state index in [1.165, 1.54) is 32.4 Å². The van der Waals surface area contributed by atoms with Crippen molar-refractivity contribution in [2.45, 2.75) is 0 Å². The van der Waals surface area contributed by atoms with Crippen LogP contribution in [0.4, 0.5) is 4.39 Å². The standard InChI is InChI=1S/C13H10BrFO3/c1-17-11-6-10(13(16)18-2)12(14)8-4-3-7(15)5-9(8)11/h3-6H,1-2H3. The lowest BCUT2D eigenvalue weighted by molar-refractivity contribution is 0.0599. The molecule has 0 aromatic heterocycles. The number of methoxy groups -OCH3 is 2. The average molecular weight is 313 g/mol. The maximum Gasteiger partial charge on any atom is 0.339 e. The molecule has 2 rings (SSSR count).